The molecule has 1 saturated heterocycles. The van der Waals surface area contributed by atoms with Crippen LogP contribution in [0.1, 0.15) is 11.1 Å². The molecule has 8 heteroatoms. The molecule has 2 aromatic carbocycles. The van der Waals surface area contributed by atoms with E-state index >= 15 is 0 Å². The van der Waals surface area contributed by atoms with Gasteiger partial charge in [-0.15, -0.1) is 0 Å². The number of nitrogens with zero attached hydrogens (tertiary/aromatic N) is 1. The number of carbonyl (C=O) groups is 2. The standard InChI is InChI=1S/C19H14BrNO4S2/c20-14-6-7-15(25-11-17(22)23)13(8-14)9-16-18(24)21(19(26)27-16)10-12-4-2-1-3-5-12/h1-9H,10-11H2,(H,22,23)/b16-9-. The maximum atomic E-state index is 12.8. The Kier molecular flexibility index (Phi) is 6.30. The van der Waals surface area contributed by atoms with Crippen molar-refractivity contribution < 1.29 is 19.4 Å². The molecule has 5 nitrogen and oxygen atoms in total. The van der Waals surface area contributed by atoms with Crippen molar-refractivity contribution in [1.82, 2.24) is 4.90 Å². The number of thioether (sulfide) groups is 1. The van der Waals surface area contributed by atoms with Gasteiger partial charge in [0.25, 0.3) is 5.91 Å². The molecular weight excluding hydrogens is 450 g/mol. The molecule has 3 rings (SSSR count). The first-order chi connectivity index (χ1) is 12.9. The number of ether oxygens (including phenoxy) is 1. The summed E-state index contributed by atoms with van der Waals surface area (Å²) in [7, 11) is 0. The molecule has 0 saturated carbocycles. The largest absolute Gasteiger partial charge is 0.481 e. The zero-order valence-corrected chi connectivity index (χ0v) is 17.1. The highest BCUT2D eigenvalue weighted by molar-refractivity contribution is 9.10. The molecule has 1 fully saturated rings. The summed E-state index contributed by atoms with van der Waals surface area (Å²) in [5.41, 5.74) is 1.59. The molecule has 1 aliphatic rings. The molecule has 1 N–H and O–H groups in total. The molecule has 0 aromatic heterocycles. The molecule has 0 unspecified atom stereocenters. The monoisotopic (exact) mass is 463 g/mol. The summed E-state index contributed by atoms with van der Waals surface area (Å²) in [5.74, 6) is -0.870. The van der Waals surface area contributed by atoms with Crippen molar-refractivity contribution in [2.24, 2.45) is 0 Å². The van der Waals surface area contributed by atoms with Crippen molar-refractivity contribution in [1.29, 1.82) is 0 Å². The number of hydrogen-bond donors (Lipinski definition) is 1. The molecule has 1 amide bonds. The van der Waals surface area contributed by atoms with E-state index in [0.29, 0.717) is 27.1 Å². The molecule has 27 heavy (non-hydrogen) atoms. The fourth-order valence-electron chi connectivity index (χ4n) is 2.45. The number of aliphatic carboxylic acids is 1. The second-order valence-corrected chi connectivity index (χ2v) is 8.21. The number of thiocarbonyl (C=S) groups is 1. The average Bonchev–Trinajstić information content (AvgIpc) is 2.89. The van der Waals surface area contributed by atoms with Crippen LogP contribution in [0, 0.1) is 0 Å². The number of halogens is 1. The van der Waals surface area contributed by atoms with Crippen LogP contribution in [-0.4, -0.2) is 32.8 Å². The average molecular weight is 464 g/mol. The van der Waals surface area contributed by atoms with Crippen LogP contribution in [0.15, 0.2) is 57.9 Å². The molecule has 0 atom stereocenters. The molecule has 0 radical (unpaired) electrons. The fourth-order valence-corrected chi connectivity index (χ4v) is 4.07. The summed E-state index contributed by atoms with van der Waals surface area (Å²) in [4.78, 5) is 25.6. The van der Waals surface area contributed by atoms with Gasteiger partial charge in [-0.1, -0.05) is 70.2 Å². The van der Waals surface area contributed by atoms with Crippen LogP contribution in [0.5, 0.6) is 5.75 Å². The highest BCUT2D eigenvalue weighted by atomic mass is 79.9. The van der Waals surface area contributed by atoms with Crippen molar-refractivity contribution in [2.45, 2.75) is 6.54 Å². The van der Waals surface area contributed by atoms with Crippen LogP contribution in [0.3, 0.4) is 0 Å². The number of hydrogen-bond acceptors (Lipinski definition) is 5. The number of carboxylic acids is 1. The van der Waals surface area contributed by atoms with E-state index in [1.54, 1.807) is 29.2 Å². The molecule has 0 spiro atoms. The summed E-state index contributed by atoms with van der Waals surface area (Å²) in [5, 5.41) is 8.82. The first-order valence-corrected chi connectivity index (χ1v) is 9.89. The lowest BCUT2D eigenvalue weighted by Gasteiger charge is -2.14. The zero-order valence-electron chi connectivity index (χ0n) is 13.9. The quantitative estimate of drug-likeness (QED) is 0.508. The van der Waals surface area contributed by atoms with Crippen LogP contribution >= 0.6 is 39.9 Å². The van der Waals surface area contributed by atoms with Crippen LogP contribution in [0.2, 0.25) is 0 Å². The fraction of sp³-hybridized carbons (Fsp3) is 0.105. The maximum absolute atomic E-state index is 12.8. The second kappa shape index (κ2) is 8.69. The molecule has 1 heterocycles. The highest BCUT2D eigenvalue weighted by Crippen LogP contribution is 2.35. The third kappa shape index (κ3) is 4.97. The van der Waals surface area contributed by atoms with Gasteiger partial charge in [0, 0.05) is 10.0 Å². The molecule has 2 aromatic rings. The predicted octanol–water partition coefficient (Wildman–Crippen LogP) is 4.31. The van der Waals surface area contributed by atoms with Crippen LogP contribution in [-0.2, 0) is 16.1 Å². The van der Waals surface area contributed by atoms with Crippen molar-refractivity contribution >= 4 is 62.2 Å². The summed E-state index contributed by atoms with van der Waals surface area (Å²) in [6, 6.07) is 14.8. The van der Waals surface area contributed by atoms with E-state index in [0.717, 1.165) is 10.0 Å². The van der Waals surface area contributed by atoms with Gasteiger partial charge in [0.2, 0.25) is 0 Å². The second-order valence-electron chi connectivity index (χ2n) is 5.62. The number of carbonyl (C=O) groups excluding carboxylic acids is 1. The Hall–Kier alpha value is -2.16. The lowest BCUT2D eigenvalue weighted by molar-refractivity contribution is -0.139. The molecule has 0 aliphatic carbocycles. The summed E-state index contributed by atoms with van der Waals surface area (Å²) < 4.78 is 6.59. The van der Waals surface area contributed by atoms with Gasteiger partial charge in [-0.25, -0.2) is 4.79 Å². The van der Waals surface area contributed by atoms with Gasteiger partial charge >= 0.3 is 5.97 Å². The van der Waals surface area contributed by atoms with Crippen molar-refractivity contribution in [3.8, 4) is 5.75 Å². The summed E-state index contributed by atoms with van der Waals surface area (Å²) >= 11 is 9.96. The Morgan fingerprint density at radius 3 is 2.70 bits per heavy atom. The van der Waals surface area contributed by atoms with E-state index in [2.05, 4.69) is 15.9 Å². The topological polar surface area (TPSA) is 66.8 Å². The van der Waals surface area contributed by atoms with Crippen molar-refractivity contribution in [3.63, 3.8) is 0 Å². The number of carboxylic acid groups (broad SMARTS) is 1. The molecule has 1 aliphatic heterocycles. The Bertz CT molecular complexity index is 931. The van der Waals surface area contributed by atoms with Gasteiger partial charge in [-0.2, -0.15) is 0 Å². The SMILES string of the molecule is O=C(O)COc1ccc(Br)cc1/C=C1\SC(=S)N(Cc2ccccc2)C1=O. The third-order valence-electron chi connectivity index (χ3n) is 3.67. The van der Waals surface area contributed by atoms with Crippen LogP contribution in [0.4, 0.5) is 0 Å². The first-order valence-electron chi connectivity index (χ1n) is 7.87. The zero-order chi connectivity index (χ0) is 19.4. The predicted molar refractivity (Wildman–Crippen MR) is 112 cm³/mol. The van der Waals surface area contributed by atoms with E-state index in [1.165, 1.54) is 11.8 Å². The Morgan fingerprint density at radius 2 is 2.00 bits per heavy atom. The van der Waals surface area contributed by atoms with Gasteiger partial charge in [0.15, 0.2) is 6.61 Å². The van der Waals surface area contributed by atoms with E-state index in [9.17, 15) is 9.59 Å². The minimum atomic E-state index is -1.07. The maximum Gasteiger partial charge on any atom is 0.341 e. The van der Waals surface area contributed by atoms with Crippen LogP contribution in [0.25, 0.3) is 6.08 Å². The van der Waals surface area contributed by atoms with E-state index in [-0.39, 0.29) is 5.91 Å². The third-order valence-corrected chi connectivity index (χ3v) is 5.54. The smallest absolute Gasteiger partial charge is 0.341 e. The minimum absolute atomic E-state index is 0.182. The Morgan fingerprint density at radius 1 is 1.26 bits per heavy atom. The lowest BCUT2D eigenvalue weighted by atomic mass is 10.1. The first kappa shape index (κ1) is 19.6. The van der Waals surface area contributed by atoms with E-state index in [1.807, 2.05) is 30.3 Å². The van der Waals surface area contributed by atoms with Gasteiger partial charge in [-0.05, 0) is 29.8 Å². The summed E-state index contributed by atoms with van der Waals surface area (Å²) in [6.45, 7) is -0.0544. The minimum Gasteiger partial charge on any atom is -0.481 e. The summed E-state index contributed by atoms with van der Waals surface area (Å²) in [6.07, 6.45) is 1.67. The van der Waals surface area contributed by atoms with Crippen molar-refractivity contribution in [2.75, 3.05) is 6.61 Å². The molecule has 0 bridgehead atoms. The molecular formula is C19H14BrNO4S2. The normalized spacial score (nSPS) is 15.4. The highest BCUT2D eigenvalue weighted by Gasteiger charge is 2.32. The van der Waals surface area contributed by atoms with Gasteiger partial charge in [0.05, 0.1) is 11.4 Å². The van der Waals surface area contributed by atoms with Crippen LogP contribution < -0.4 is 4.74 Å². The van der Waals surface area contributed by atoms with Gasteiger partial charge in [-0.3, -0.25) is 9.69 Å². The molecule has 138 valence electrons. The van der Waals surface area contributed by atoms with E-state index in [4.69, 9.17) is 22.1 Å². The number of amides is 1. The van der Waals surface area contributed by atoms with E-state index < -0.39 is 12.6 Å². The Balaban J connectivity index is 1.85. The Labute approximate surface area is 174 Å². The van der Waals surface area contributed by atoms with Crippen molar-refractivity contribution in [3.05, 3.63) is 69.0 Å². The number of rotatable bonds is 6. The lowest BCUT2D eigenvalue weighted by Crippen LogP contribution is -2.27. The number of benzene rings is 2. The van der Waals surface area contributed by atoms with Gasteiger partial charge in [0.1, 0.15) is 10.1 Å². The van der Waals surface area contributed by atoms with Gasteiger partial charge < -0.3 is 9.84 Å².